The molecule has 0 aliphatic rings. The molecular formula is C12H18N2O5. The van der Waals surface area contributed by atoms with Gasteiger partial charge in [-0.25, -0.2) is 0 Å². The Bertz CT molecular complexity index is 385. The van der Waals surface area contributed by atoms with Gasteiger partial charge < -0.3 is 24.9 Å². The number of ether oxygens (including phenoxy) is 1. The van der Waals surface area contributed by atoms with Crippen molar-refractivity contribution >= 4 is 11.8 Å². The monoisotopic (exact) mass is 270 g/mol. The minimum absolute atomic E-state index is 0.0486. The third kappa shape index (κ3) is 5.54. The maximum atomic E-state index is 11.6. The molecule has 0 fully saturated rings. The Hall–Kier alpha value is -1.86. The van der Waals surface area contributed by atoms with Crippen molar-refractivity contribution in [1.29, 1.82) is 0 Å². The van der Waals surface area contributed by atoms with Crippen LogP contribution in [-0.4, -0.2) is 49.8 Å². The molecule has 1 aromatic heterocycles. The van der Waals surface area contributed by atoms with Crippen molar-refractivity contribution in [1.82, 2.24) is 10.6 Å². The lowest BCUT2D eigenvalue weighted by atomic mass is 10.2. The maximum Gasteiger partial charge on any atom is 0.287 e. The number of hydrogen-bond donors (Lipinski definition) is 3. The van der Waals surface area contributed by atoms with Gasteiger partial charge in [0.05, 0.1) is 25.5 Å². The van der Waals surface area contributed by atoms with Crippen LogP contribution in [0.3, 0.4) is 0 Å². The van der Waals surface area contributed by atoms with Crippen molar-refractivity contribution in [2.75, 3.05) is 26.9 Å². The maximum absolute atomic E-state index is 11.6. The van der Waals surface area contributed by atoms with E-state index in [2.05, 4.69) is 10.6 Å². The normalized spacial score (nSPS) is 11.9. The van der Waals surface area contributed by atoms with Crippen LogP contribution in [0.25, 0.3) is 0 Å². The van der Waals surface area contributed by atoms with Gasteiger partial charge in [-0.05, 0) is 18.6 Å². The first-order valence-corrected chi connectivity index (χ1v) is 5.88. The van der Waals surface area contributed by atoms with E-state index in [1.165, 1.54) is 19.4 Å². The first-order valence-electron chi connectivity index (χ1n) is 5.88. The van der Waals surface area contributed by atoms with E-state index in [-0.39, 0.29) is 30.9 Å². The molecule has 0 aromatic carbocycles. The van der Waals surface area contributed by atoms with Crippen LogP contribution in [0.2, 0.25) is 0 Å². The highest BCUT2D eigenvalue weighted by molar-refractivity contribution is 5.94. The molecule has 0 aliphatic heterocycles. The summed E-state index contributed by atoms with van der Waals surface area (Å²) in [6, 6.07) is 2.82. The molecule has 1 rings (SSSR count). The van der Waals surface area contributed by atoms with Crippen LogP contribution in [-0.2, 0) is 9.53 Å². The number of furan rings is 1. The van der Waals surface area contributed by atoms with E-state index in [0.29, 0.717) is 13.0 Å². The Balaban J connectivity index is 2.32. The molecule has 0 bridgehead atoms. The lowest BCUT2D eigenvalue weighted by Gasteiger charge is -2.16. The molecule has 0 spiro atoms. The molecule has 1 heterocycles. The lowest BCUT2D eigenvalue weighted by molar-refractivity contribution is -0.121. The van der Waals surface area contributed by atoms with Crippen molar-refractivity contribution in [2.24, 2.45) is 0 Å². The second kappa shape index (κ2) is 8.28. The largest absolute Gasteiger partial charge is 0.459 e. The van der Waals surface area contributed by atoms with Gasteiger partial charge in [-0.2, -0.15) is 0 Å². The number of nitrogens with one attached hydrogen (secondary N) is 2. The van der Waals surface area contributed by atoms with Crippen molar-refractivity contribution in [3.8, 4) is 0 Å². The van der Waals surface area contributed by atoms with Gasteiger partial charge in [0.2, 0.25) is 5.91 Å². The molecule has 106 valence electrons. The van der Waals surface area contributed by atoms with E-state index < -0.39 is 5.91 Å². The Morgan fingerprint density at radius 1 is 1.53 bits per heavy atom. The summed E-state index contributed by atoms with van der Waals surface area (Å²) >= 11 is 0. The van der Waals surface area contributed by atoms with Gasteiger partial charge in [-0.1, -0.05) is 0 Å². The van der Waals surface area contributed by atoms with E-state index >= 15 is 0 Å². The highest BCUT2D eigenvalue weighted by Crippen LogP contribution is 1.98. The van der Waals surface area contributed by atoms with Crippen LogP contribution >= 0.6 is 0 Å². The SMILES string of the molecule is COCC(CCO)NC(=O)CNC(=O)c1ccco1. The molecule has 3 N–H and O–H groups in total. The number of carbonyl (C=O) groups is 2. The second-order valence-electron chi connectivity index (χ2n) is 3.89. The topological polar surface area (TPSA) is 101 Å². The van der Waals surface area contributed by atoms with Crippen LogP contribution in [0, 0.1) is 0 Å². The van der Waals surface area contributed by atoms with Gasteiger partial charge in [0.15, 0.2) is 5.76 Å². The fourth-order valence-corrected chi connectivity index (χ4v) is 1.49. The quantitative estimate of drug-likeness (QED) is 0.592. The third-order valence-electron chi connectivity index (χ3n) is 2.36. The first kappa shape index (κ1) is 15.2. The molecule has 0 radical (unpaired) electrons. The van der Waals surface area contributed by atoms with Crippen LogP contribution in [0.4, 0.5) is 0 Å². The Kier molecular flexibility index (Phi) is 6.62. The summed E-state index contributed by atoms with van der Waals surface area (Å²) in [5, 5.41) is 13.9. The number of carbonyl (C=O) groups excluding carboxylic acids is 2. The van der Waals surface area contributed by atoms with Gasteiger partial charge in [0.1, 0.15) is 0 Å². The lowest BCUT2D eigenvalue weighted by Crippen LogP contribution is -2.44. The fraction of sp³-hybridized carbons (Fsp3) is 0.500. The molecule has 19 heavy (non-hydrogen) atoms. The zero-order valence-corrected chi connectivity index (χ0v) is 10.7. The second-order valence-corrected chi connectivity index (χ2v) is 3.89. The van der Waals surface area contributed by atoms with Gasteiger partial charge >= 0.3 is 0 Å². The number of rotatable bonds is 8. The Morgan fingerprint density at radius 3 is 2.89 bits per heavy atom. The van der Waals surface area contributed by atoms with Crippen molar-refractivity contribution in [3.63, 3.8) is 0 Å². The van der Waals surface area contributed by atoms with E-state index in [1.54, 1.807) is 6.07 Å². The summed E-state index contributed by atoms with van der Waals surface area (Å²) < 4.78 is 9.80. The van der Waals surface area contributed by atoms with Gasteiger partial charge in [-0.15, -0.1) is 0 Å². The fourth-order valence-electron chi connectivity index (χ4n) is 1.49. The molecule has 1 atom stereocenters. The van der Waals surface area contributed by atoms with E-state index in [9.17, 15) is 9.59 Å². The van der Waals surface area contributed by atoms with Gasteiger partial charge in [0, 0.05) is 13.7 Å². The van der Waals surface area contributed by atoms with Crippen LogP contribution in [0.15, 0.2) is 22.8 Å². The van der Waals surface area contributed by atoms with Crippen LogP contribution in [0.5, 0.6) is 0 Å². The Morgan fingerprint density at radius 2 is 2.32 bits per heavy atom. The van der Waals surface area contributed by atoms with Crippen molar-refractivity contribution in [2.45, 2.75) is 12.5 Å². The molecule has 7 heteroatoms. The minimum atomic E-state index is -0.453. The summed E-state index contributed by atoms with van der Waals surface area (Å²) in [5.74, 6) is -0.655. The highest BCUT2D eigenvalue weighted by Gasteiger charge is 2.14. The summed E-state index contributed by atoms with van der Waals surface area (Å²) in [6.07, 6.45) is 1.77. The minimum Gasteiger partial charge on any atom is -0.459 e. The molecule has 1 unspecified atom stereocenters. The average Bonchev–Trinajstić information content (AvgIpc) is 2.90. The molecule has 1 aromatic rings. The van der Waals surface area contributed by atoms with E-state index in [0.717, 1.165) is 0 Å². The zero-order valence-electron chi connectivity index (χ0n) is 10.7. The van der Waals surface area contributed by atoms with E-state index in [4.69, 9.17) is 14.3 Å². The Labute approximate surface area is 110 Å². The average molecular weight is 270 g/mol. The highest BCUT2D eigenvalue weighted by atomic mass is 16.5. The third-order valence-corrected chi connectivity index (χ3v) is 2.36. The van der Waals surface area contributed by atoms with Gasteiger partial charge in [-0.3, -0.25) is 9.59 Å². The molecule has 7 nitrogen and oxygen atoms in total. The standard InChI is InChI=1S/C12H18N2O5/c1-18-8-9(4-5-15)14-11(16)7-13-12(17)10-3-2-6-19-10/h2-3,6,9,15H,4-5,7-8H2,1H3,(H,13,17)(H,14,16). The summed E-state index contributed by atoms with van der Waals surface area (Å²) in [4.78, 5) is 23.1. The van der Waals surface area contributed by atoms with Crippen molar-refractivity contribution < 1.29 is 23.8 Å². The number of hydrogen-bond acceptors (Lipinski definition) is 5. The van der Waals surface area contributed by atoms with Gasteiger partial charge in [0.25, 0.3) is 5.91 Å². The molecule has 0 aliphatic carbocycles. The molecule has 0 saturated heterocycles. The summed E-state index contributed by atoms with van der Waals surface area (Å²) in [5.41, 5.74) is 0. The number of aliphatic hydroxyl groups excluding tert-OH is 1. The van der Waals surface area contributed by atoms with E-state index in [1.807, 2.05) is 0 Å². The molecular weight excluding hydrogens is 252 g/mol. The molecule has 0 saturated carbocycles. The number of methoxy groups -OCH3 is 1. The van der Waals surface area contributed by atoms with Crippen LogP contribution < -0.4 is 10.6 Å². The molecule has 2 amide bonds. The smallest absolute Gasteiger partial charge is 0.287 e. The number of aliphatic hydroxyl groups is 1. The first-order chi connectivity index (χ1) is 9.17. The van der Waals surface area contributed by atoms with Crippen molar-refractivity contribution in [3.05, 3.63) is 24.2 Å². The number of amides is 2. The summed E-state index contributed by atoms with van der Waals surface area (Å²) in [6.45, 7) is 0.0939. The van der Waals surface area contributed by atoms with Crippen LogP contribution in [0.1, 0.15) is 17.0 Å². The predicted octanol–water partition coefficient (Wildman–Crippen LogP) is -0.477. The predicted molar refractivity (Wildman–Crippen MR) is 66.6 cm³/mol. The zero-order chi connectivity index (χ0) is 14.1. The summed E-state index contributed by atoms with van der Waals surface area (Å²) in [7, 11) is 1.51.